The summed E-state index contributed by atoms with van der Waals surface area (Å²) in [7, 11) is -1.85. The number of aromatic nitrogens is 5. The first-order valence-electron chi connectivity index (χ1n) is 11.5. The van der Waals surface area contributed by atoms with Crippen molar-refractivity contribution in [3.63, 3.8) is 0 Å². The summed E-state index contributed by atoms with van der Waals surface area (Å²) in [6.45, 7) is 1.51. The second kappa shape index (κ2) is 9.42. The Hall–Kier alpha value is -4.07. The number of aromatic amines is 1. The van der Waals surface area contributed by atoms with Gasteiger partial charge < -0.3 is 20.2 Å². The number of pyridine rings is 1. The van der Waals surface area contributed by atoms with E-state index in [1.54, 1.807) is 35.3 Å². The summed E-state index contributed by atoms with van der Waals surface area (Å²) in [6.07, 6.45) is 1.97. The number of imidazole rings is 2. The van der Waals surface area contributed by atoms with Crippen molar-refractivity contribution in [1.29, 1.82) is 0 Å². The normalized spacial score (nSPS) is 13.8. The Balaban J connectivity index is 1.59. The number of halogens is 2. The van der Waals surface area contributed by atoms with Crippen molar-refractivity contribution < 1.29 is 22.0 Å². The van der Waals surface area contributed by atoms with Gasteiger partial charge in [0.15, 0.2) is 11.5 Å². The van der Waals surface area contributed by atoms with Gasteiger partial charge in [0.2, 0.25) is 15.9 Å². The van der Waals surface area contributed by atoms with E-state index in [1.165, 1.54) is 13.0 Å². The lowest BCUT2D eigenvalue weighted by molar-refractivity contribution is -0.117. The minimum atomic E-state index is -3.66. The molecule has 3 aromatic heterocycles. The van der Waals surface area contributed by atoms with Crippen molar-refractivity contribution in [3.8, 4) is 11.3 Å². The van der Waals surface area contributed by atoms with E-state index in [1.807, 2.05) is 7.05 Å². The number of sulfonamides is 1. The van der Waals surface area contributed by atoms with Gasteiger partial charge in [-0.25, -0.2) is 32.2 Å². The van der Waals surface area contributed by atoms with Crippen molar-refractivity contribution in [1.82, 2.24) is 24.5 Å². The van der Waals surface area contributed by atoms with Gasteiger partial charge in [0, 0.05) is 24.6 Å². The van der Waals surface area contributed by atoms with Crippen LogP contribution >= 0.6 is 0 Å². The lowest BCUT2D eigenvalue weighted by Gasteiger charge is -2.16. The van der Waals surface area contributed by atoms with Crippen molar-refractivity contribution >= 4 is 50.0 Å². The predicted octanol–water partition coefficient (Wildman–Crippen LogP) is 4.15. The number of aryl methyl sites for hydroxylation is 1. The van der Waals surface area contributed by atoms with Crippen LogP contribution in [-0.2, 0) is 21.9 Å². The van der Waals surface area contributed by atoms with Gasteiger partial charge >= 0.3 is 0 Å². The van der Waals surface area contributed by atoms with Crippen LogP contribution in [0.2, 0.25) is 0 Å². The molecule has 1 aromatic carbocycles. The monoisotopic (exact) mass is 530 g/mol. The molecule has 1 saturated carbocycles. The van der Waals surface area contributed by atoms with E-state index in [4.69, 9.17) is 0 Å². The van der Waals surface area contributed by atoms with Crippen molar-refractivity contribution in [2.45, 2.75) is 26.2 Å². The maximum atomic E-state index is 13.4. The average molecular weight is 531 g/mol. The van der Waals surface area contributed by atoms with E-state index >= 15 is 0 Å². The largest absolute Gasteiger partial charge is 0.352 e. The van der Waals surface area contributed by atoms with Crippen LogP contribution in [0.25, 0.3) is 22.4 Å². The van der Waals surface area contributed by atoms with Gasteiger partial charge in [0.25, 0.3) is 6.43 Å². The molecule has 0 radical (unpaired) electrons. The summed E-state index contributed by atoms with van der Waals surface area (Å²) in [5.41, 5.74) is 2.49. The molecule has 1 fully saturated rings. The number of rotatable bonds is 9. The summed E-state index contributed by atoms with van der Waals surface area (Å²) < 4.78 is 56.1. The molecule has 1 aliphatic carbocycles. The summed E-state index contributed by atoms with van der Waals surface area (Å²) in [4.78, 5) is 27.1. The molecule has 14 heteroatoms. The van der Waals surface area contributed by atoms with E-state index in [0.717, 1.165) is 18.5 Å². The fourth-order valence-corrected chi connectivity index (χ4v) is 4.41. The van der Waals surface area contributed by atoms with Gasteiger partial charge in [-0.1, -0.05) is 6.07 Å². The highest BCUT2D eigenvalue weighted by atomic mass is 32.2. The number of anilines is 4. The minimum absolute atomic E-state index is 0.0198. The first kappa shape index (κ1) is 24.6. The first-order valence-corrected chi connectivity index (χ1v) is 13.2. The van der Waals surface area contributed by atoms with Crippen LogP contribution < -0.4 is 15.4 Å². The quantitative estimate of drug-likeness (QED) is 0.254. The van der Waals surface area contributed by atoms with Crippen molar-refractivity contribution in [2.24, 2.45) is 13.0 Å². The summed E-state index contributed by atoms with van der Waals surface area (Å²) >= 11 is 0. The number of nitrogens with zero attached hydrogens (tertiary/aromatic N) is 4. The standard InChI is InChI=1S/C23H24F2N8O3S/c1-3-37(35,36)32-15-8-13(17-10-26-11-33(17)2)6-7-14(15)27-16-9-18(29-23(34)12-4-5-12)28-21-19(16)30-22(31-21)20(24)25/h6-12,20,32H,3-5H2,1-2H3,(H3,27,28,29,30,31,34). The number of hydrogen-bond donors (Lipinski definition) is 4. The molecule has 0 unspecified atom stereocenters. The zero-order chi connectivity index (χ0) is 26.3. The Morgan fingerprint density at radius 2 is 1.97 bits per heavy atom. The fraction of sp³-hybridized carbons (Fsp3) is 0.304. The highest BCUT2D eigenvalue weighted by Crippen LogP contribution is 2.36. The molecule has 37 heavy (non-hydrogen) atoms. The van der Waals surface area contributed by atoms with Gasteiger partial charge in [-0.3, -0.25) is 9.52 Å². The summed E-state index contributed by atoms with van der Waals surface area (Å²) in [5, 5.41) is 5.81. The number of fused-ring (bicyclic) bond motifs is 1. The summed E-state index contributed by atoms with van der Waals surface area (Å²) in [5.74, 6) is -0.896. The molecule has 11 nitrogen and oxygen atoms in total. The van der Waals surface area contributed by atoms with Crippen molar-refractivity contribution in [3.05, 3.63) is 42.6 Å². The third-order valence-electron chi connectivity index (χ3n) is 5.93. The van der Waals surface area contributed by atoms with E-state index < -0.39 is 22.3 Å². The molecule has 0 saturated heterocycles. The number of nitrogens with one attached hydrogen (secondary N) is 4. The SMILES string of the molecule is CCS(=O)(=O)Nc1cc(-c2cncn2C)ccc1Nc1cc(NC(=O)C2CC2)nc2nc(C(F)F)[nH]c12. The molecule has 5 rings (SSSR count). The summed E-state index contributed by atoms with van der Waals surface area (Å²) in [6, 6.07) is 6.57. The van der Waals surface area contributed by atoms with Crippen LogP contribution in [0.1, 0.15) is 32.0 Å². The number of hydrogen-bond acceptors (Lipinski definition) is 7. The molecule has 0 spiro atoms. The van der Waals surface area contributed by atoms with Gasteiger partial charge in [-0.2, -0.15) is 0 Å². The minimum Gasteiger partial charge on any atom is -0.352 e. The lowest BCUT2D eigenvalue weighted by Crippen LogP contribution is -2.16. The highest BCUT2D eigenvalue weighted by molar-refractivity contribution is 7.92. The van der Waals surface area contributed by atoms with Crippen LogP contribution in [0.5, 0.6) is 0 Å². The molecule has 194 valence electrons. The number of alkyl halides is 2. The Morgan fingerprint density at radius 1 is 1.19 bits per heavy atom. The molecular weight excluding hydrogens is 506 g/mol. The van der Waals surface area contributed by atoms with Gasteiger partial charge in [-0.05, 0) is 31.9 Å². The van der Waals surface area contributed by atoms with Crippen molar-refractivity contribution in [2.75, 3.05) is 21.1 Å². The third kappa shape index (κ3) is 5.23. The molecular formula is C23H24F2N8O3S. The highest BCUT2D eigenvalue weighted by Gasteiger charge is 2.30. The molecule has 0 aliphatic heterocycles. The number of benzene rings is 1. The fourth-order valence-electron chi connectivity index (χ4n) is 3.76. The average Bonchev–Trinajstić information content (AvgIpc) is 3.48. The molecule has 3 heterocycles. The molecule has 1 aliphatic rings. The van der Waals surface area contributed by atoms with Gasteiger partial charge in [0.05, 0.1) is 41.0 Å². The molecule has 0 atom stereocenters. The van der Waals surface area contributed by atoms with Crippen LogP contribution in [0, 0.1) is 5.92 Å². The Bertz CT molecular complexity index is 1590. The van der Waals surface area contributed by atoms with Gasteiger partial charge in [0.1, 0.15) is 11.3 Å². The van der Waals surface area contributed by atoms with E-state index in [2.05, 4.69) is 35.3 Å². The zero-order valence-corrected chi connectivity index (χ0v) is 20.7. The Labute approximate surface area is 210 Å². The maximum absolute atomic E-state index is 13.4. The molecule has 1 amide bonds. The second-order valence-corrected chi connectivity index (χ2v) is 10.7. The van der Waals surface area contributed by atoms with Crippen LogP contribution in [0.3, 0.4) is 0 Å². The lowest BCUT2D eigenvalue weighted by atomic mass is 10.1. The van der Waals surface area contributed by atoms with Gasteiger partial charge in [-0.15, -0.1) is 0 Å². The van der Waals surface area contributed by atoms with E-state index in [-0.39, 0.29) is 45.9 Å². The predicted molar refractivity (Wildman–Crippen MR) is 135 cm³/mol. The number of amides is 1. The first-order chi connectivity index (χ1) is 17.6. The Kier molecular flexibility index (Phi) is 6.27. The molecule has 4 N–H and O–H groups in total. The van der Waals surface area contributed by atoms with Crippen LogP contribution in [0.4, 0.5) is 31.7 Å². The zero-order valence-electron chi connectivity index (χ0n) is 19.9. The maximum Gasteiger partial charge on any atom is 0.295 e. The topological polar surface area (TPSA) is 147 Å². The Morgan fingerprint density at radius 3 is 2.62 bits per heavy atom. The molecule has 0 bridgehead atoms. The van der Waals surface area contributed by atoms with E-state index in [0.29, 0.717) is 11.3 Å². The number of carbonyl (C=O) groups excluding carboxylic acids is 1. The molecule has 4 aromatic rings. The second-order valence-electron chi connectivity index (χ2n) is 8.72. The van der Waals surface area contributed by atoms with Crippen LogP contribution in [0.15, 0.2) is 36.8 Å². The number of carbonyl (C=O) groups is 1. The number of H-pyrrole nitrogens is 1. The van der Waals surface area contributed by atoms with Crippen LogP contribution in [-0.4, -0.2) is 44.6 Å². The van der Waals surface area contributed by atoms with E-state index in [9.17, 15) is 22.0 Å². The smallest absolute Gasteiger partial charge is 0.295 e. The third-order valence-corrected chi connectivity index (χ3v) is 7.22.